The van der Waals surface area contributed by atoms with Crippen molar-refractivity contribution in [2.75, 3.05) is 13.1 Å². The summed E-state index contributed by atoms with van der Waals surface area (Å²) in [4.78, 5) is 25.0. The van der Waals surface area contributed by atoms with Gasteiger partial charge in [-0.25, -0.2) is 4.79 Å². The number of carbonyl (C=O) groups is 2. The third-order valence-electron chi connectivity index (χ3n) is 5.70. The van der Waals surface area contributed by atoms with Gasteiger partial charge in [-0.1, -0.05) is 42.5 Å². The van der Waals surface area contributed by atoms with Crippen LogP contribution in [0.2, 0.25) is 0 Å². The molecule has 1 aromatic heterocycles. The molecule has 3 aromatic rings. The number of nitrogens with one attached hydrogen (secondary N) is 2. The van der Waals surface area contributed by atoms with Crippen LogP contribution in [-0.2, 0) is 4.74 Å². The van der Waals surface area contributed by atoms with Crippen molar-refractivity contribution in [1.82, 2.24) is 15.2 Å². The van der Waals surface area contributed by atoms with Crippen molar-refractivity contribution in [1.29, 1.82) is 0 Å². The van der Waals surface area contributed by atoms with Crippen molar-refractivity contribution in [3.63, 3.8) is 0 Å². The minimum absolute atomic E-state index is 0.221. The number of benzene rings is 2. The van der Waals surface area contributed by atoms with Gasteiger partial charge in [-0.15, -0.1) is 13.2 Å². The molecule has 37 heavy (non-hydrogen) atoms. The lowest BCUT2D eigenvalue weighted by Gasteiger charge is -2.29. The minimum Gasteiger partial charge on any atom is -0.444 e. The summed E-state index contributed by atoms with van der Waals surface area (Å²) in [6.07, 6.45) is -4.88. The van der Waals surface area contributed by atoms with Crippen LogP contribution >= 0.6 is 0 Å². The zero-order valence-electron chi connectivity index (χ0n) is 20.7. The third-order valence-corrected chi connectivity index (χ3v) is 5.70. The molecule has 2 amide bonds. The third kappa shape index (κ3) is 6.44. The highest BCUT2D eigenvalue weighted by molar-refractivity contribution is 5.98. The molecule has 7 nitrogen and oxygen atoms in total. The number of amides is 2. The fourth-order valence-corrected chi connectivity index (χ4v) is 4.33. The zero-order chi connectivity index (χ0) is 26.8. The van der Waals surface area contributed by atoms with Crippen molar-refractivity contribution in [2.45, 2.75) is 45.2 Å². The Labute approximate surface area is 212 Å². The maximum Gasteiger partial charge on any atom is 0.573 e. The molecule has 1 atom stereocenters. The molecule has 0 saturated heterocycles. The lowest BCUT2D eigenvalue weighted by atomic mass is 10.0. The SMILES string of the molecule is CC(C)(C)OC(=O)NCCC1CNC(=O)c2cc(-c3cccc(OC(F)(F)F)c3)c(-c3ccccc3)n21. The van der Waals surface area contributed by atoms with Crippen LogP contribution in [-0.4, -0.2) is 41.6 Å². The van der Waals surface area contributed by atoms with Crippen LogP contribution in [0.4, 0.5) is 18.0 Å². The first-order chi connectivity index (χ1) is 17.4. The van der Waals surface area contributed by atoms with Gasteiger partial charge in [0.05, 0.1) is 11.7 Å². The number of hydrogen-bond acceptors (Lipinski definition) is 4. The standard InChI is InChI=1S/C27H28F3N3O4/c1-26(2,3)37-25(35)31-13-12-19-16-32-24(34)22-15-21(23(33(19)22)17-8-5-4-6-9-17)18-10-7-11-20(14-18)36-27(28,29)30/h4-11,14-15,19H,12-13,16H2,1-3H3,(H,31,35)(H,32,34). The van der Waals surface area contributed by atoms with Gasteiger partial charge in [0.1, 0.15) is 17.0 Å². The van der Waals surface area contributed by atoms with Gasteiger partial charge >= 0.3 is 12.5 Å². The molecule has 2 aromatic carbocycles. The number of carbonyl (C=O) groups excluding carboxylic acids is 2. The van der Waals surface area contributed by atoms with Crippen molar-refractivity contribution in [2.24, 2.45) is 0 Å². The second kappa shape index (κ2) is 10.2. The van der Waals surface area contributed by atoms with Gasteiger partial charge in [-0.3, -0.25) is 4.79 Å². The molecule has 0 saturated carbocycles. The fraction of sp³-hybridized carbons (Fsp3) is 0.333. The van der Waals surface area contributed by atoms with E-state index in [-0.39, 0.29) is 17.7 Å². The van der Waals surface area contributed by atoms with Gasteiger partial charge in [0.2, 0.25) is 0 Å². The molecule has 10 heteroatoms. The van der Waals surface area contributed by atoms with Gasteiger partial charge in [-0.2, -0.15) is 0 Å². The van der Waals surface area contributed by atoms with E-state index in [9.17, 15) is 22.8 Å². The number of ether oxygens (including phenoxy) is 2. The molecule has 0 radical (unpaired) electrons. The molecule has 1 aliphatic rings. The number of alkyl carbamates (subject to hydrolysis) is 1. The second-order valence-electron chi connectivity index (χ2n) is 9.68. The zero-order valence-corrected chi connectivity index (χ0v) is 20.7. The monoisotopic (exact) mass is 515 g/mol. The van der Waals surface area contributed by atoms with Crippen molar-refractivity contribution in [3.8, 4) is 28.1 Å². The van der Waals surface area contributed by atoms with Crippen molar-refractivity contribution in [3.05, 3.63) is 66.4 Å². The summed E-state index contributed by atoms with van der Waals surface area (Å²) >= 11 is 0. The summed E-state index contributed by atoms with van der Waals surface area (Å²) < 4.78 is 49.9. The smallest absolute Gasteiger partial charge is 0.444 e. The van der Waals surface area contributed by atoms with Crippen LogP contribution in [0.25, 0.3) is 22.4 Å². The predicted octanol–water partition coefficient (Wildman–Crippen LogP) is 5.92. The fourth-order valence-electron chi connectivity index (χ4n) is 4.33. The number of halogens is 3. The van der Waals surface area contributed by atoms with Crippen LogP contribution in [0.15, 0.2) is 60.7 Å². The molecular formula is C27H28F3N3O4. The molecule has 1 aliphatic heterocycles. The Kier molecular flexibility index (Phi) is 7.20. The summed E-state index contributed by atoms with van der Waals surface area (Å²) in [5.41, 5.74) is 2.31. The molecule has 2 N–H and O–H groups in total. The summed E-state index contributed by atoms with van der Waals surface area (Å²) in [5, 5.41) is 5.62. The number of hydrogen-bond donors (Lipinski definition) is 2. The molecule has 2 heterocycles. The Bertz CT molecular complexity index is 1280. The van der Waals surface area contributed by atoms with Crippen LogP contribution in [0.3, 0.4) is 0 Å². The molecule has 0 bridgehead atoms. The molecule has 0 fully saturated rings. The Morgan fingerprint density at radius 3 is 2.43 bits per heavy atom. The van der Waals surface area contributed by atoms with Gasteiger partial charge in [0.15, 0.2) is 0 Å². The first-order valence-electron chi connectivity index (χ1n) is 11.8. The van der Waals surface area contributed by atoms with Crippen molar-refractivity contribution >= 4 is 12.0 Å². The Morgan fingerprint density at radius 2 is 1.76 bits per heavy atom. The summed E-state index contributed by atoms with van der Waals surface area (Å²) in [5.74, 6) is -0.641. The Hall–Kier alpha value is -3.95. The van der Waals surface area contributed by atoms with E-state index in [2.05, 4.69) is 15.4 Å². The second-order valence-corrected chi connectivity index (χ2v) is 9.68. The highest BCUT2D eigenvalue weighted by Crippen LogP contribution is 2.40. The Morgan fingerprint density at radius 1 is 1.05 bits per heavy atom. The average Bonchev–Trinajstić information content (AvgIpc) is 3.21. The predicted molar refractivity (Wildman–Crippen MR) is 132 cm³/mol. The normalized spacial score (nSPS) is 15.5. The van der Waals surface area contributed by atoms with E-state index in [1.165, 1.54) is 18.2 Å². The quantitative estimate of drug-likeness (QED) is 0.427. The van der Waals surface area contributed by atoms with Gasteiger partial charge in [0.25, 0.3) is 5.91 Å². The molecule has 196 valence electrons. The van der Waals surface area contributed by atoms with Crippen molar-refractivity contribution < 1.29 is 32.2 Å². The Balaban J connectivity index is 1.73. The highest BCUT2D eigenvalue weighted by Gasteiger charge is 2.33. The highest BCUT2D eigenvalue weighted by atomic mass is 19.4. The summed E-state index contributed by atoms with van der Waals surface area (Å²) in [6.45, 7) is 5.95. The number of fused-ring (bicyclic) bond motifs is 1. The first-order valence-corrected chi connectivity index (χ1v) is 11.8. The van der Waals surface area contributed by atoms with E-state index in [1.54, 1.807) is 32.9 Å². The van der Waals surface area contributed by atoms with Crippen LogP contribution < -0.4 is 15.4 Å². The van der Waals surface area contributed by atoms with E-state index in [0.717, 1.165) is 5.56 Å². The number of rotatable bonds is 6. The summed E-state index contributed by atoms with van der Waals surface area (Å²) in [7, 11) is 0. The van der Waals surface area contributed by atoms with Crippen LogP contribution in [0.5, 0.6) is 5.75 Å². The molecule has 0 spiro atoms. The maximum atomic E-state index is 12.9. The number of aromatic nitrogens is 1. The van der Waals surface area contributed by atoms with Gasteiger partial charge in [0, 0.05) is 18.7 Å². The largest absolute Gasteiger partial charge is 0.573 e. The van der Waals surface area contributed by atoms with E-state index < -0.39 is 18.1 Å². The minimum atomic E-state index is -4.83. The topological polar surface area (TPSA) is 81.6 Å². The first kappa shape index (κ1) is 26.1. The maximum absolute atomic E-state index is 12.9. The van der Waals surface area contributed by atoms with Gasteiger partial charge < -0.3 is 24.7 Å². The lowest BCUT2D eigenvalue weighted by Crippen LogP contribution is -2.41. The molecule has 1 unspecified atom stereocenters. The molecule has 4 rings (SSSR count). The average molecular weight is 516 g/mol. The van der Waals surface area contributed by atoms with Crippen LogP contribution in [0.1, 0.15) is 43.7 Å². The van der Waals surface area contributed by atoms with Crippen LogP contribution in [0, 0.1) is 0 Å². The van der Waals surface area contributed by atoms with E-state index in [0.29, 0.717) is 42.0 Å². The lowest BCUT2D eigenvalue weighted by molar-refractivity contribution is -0.274. The summed E-state index contributed by atoms with van der Waals surface area (Å²) in [6, 6.07) is 16.5. The van der Waals surface area contributed by atoms with E-state index in [1.807, 2.05) is 34.9 Å². The molecule has 0 aliphatic carbocycles. The van der Waals surface area contributed by atoms with Gasteiger partial charge in [-0.05, 0) is 56.5 Å². The number of nitrogens with zero attached hydrogens (tertiary/aromatic N) is 1. The molecular weight excluding hydrogens is 487 g/mol. The van der Waals surface area contributed by atoms with E-state index in [4.69, 9.17) is 4.74 Å². The number of alkyl halides is 3. The van der Waals surface area contributed by atoms with E-state index >= 15 is 0 Å².